The number of aryl methyl sites for hydroxylation is 1. The summed E-state index contributed by atoms with van der Waals surface area (Å²) in [4.78, 5) is 34.5. The first kappa shape index (κ1) is 13.8. The van der Waals surface area contributed by atoms with Crippen LogP contribution in [0.25, 0.3) is 0 Å². The van der Waals surface area contributed by atoms with Gasteiger partial charge in [-0.3, -0.25) is 19.7 Å². The molecule has 1 aromatic rings. The Bertz CT molecular complexity index is 511. The van der Waals surface area contributed by atoms with Gasteiger partial charge in [0.1, 0.15) is 5.69 Å². The number of benzene rings is 1. The summed E-state index contributed by atoms with van der Waals surface area (Å²) in [6.45, 7) is 3.23. The van der Waals surface area contributed by atoms with E-state index in [1.165, 1.54) is 19.2 Å². The Hall–Kier alpha value is -2.24. The van der Waals surface area contributed by atoms with Crippen molar-refractivity contribution >= 4 is 23.1 Å². The SMILES string of the molecule is CCC(=O)C(=O)N(C)c1c(C)cccc1[N+](=O)[O-]. The first-order valence-electron chi connectivity index (χ1n) is 5.45. The van der Waals surface area contributed by atoms with Crippen molar-refractivity contribution in [3.05, 3.63) is 33.9 Å². The van der Waals surface area contributed by atoms with Crippen molar-refractivity contribution in [3.63, 3.8) is 0 Å². The maximum atomic E-state index is 11.8. The number of anilines is 1. The quantitative estimate of drug-likeness (QED) is 0.464. The zero-order valence-corrected chi connectivity index (χ0v) is 10.5. The predicted molar refractivity (Wildman–Crippen MR) is 66.5 cm³/mol. The molecule has 1 amide bonds. The second-order valence-corrected chi connectivity index (χ2v) is 3.84. The molecule has 0 saturated heterocycles. The Morgan fingerprint density at radius 2 is 2.00 bits per heavy atom. The summed E-state index contributed by atoms with van der Waals surface area (Å²) >= 11 is 0. The average molecular weight is 250 g/mol. The molecule has 6 nitrogen and oxygen atoms in total. The third-order valence-electron chi connectivity index (χ3n) is 2.61. The number of hydrogen-bond acceptors (Lipinski definition) is 4. The summed E-state index contributed by atoms with van der Waals surface area (Å²) in [7, 11) is 1.37. The fraction of sp³-hybridized carbons (Fsp3) is 0.333. The summed E-state index contributed by atoms with van der Waals surface area (Å²) in [5, 5.41) is 10.9. The van der Waals surface area contributed by atoms with E-state index in [9.17, 15) is 19.7 Å². The predicted octanol–water partition coefficient (Wildman–Crippen LogP) is 1.85. The lowest BCUT2D eigenvalue weighted by atomic mass is 10.1. The molecule has 1 rings (SSSR count). The average Bonchev–Trinajstić information content (AvgIpc) is 2.35. The fourth-order valence-corrected chi connectivity index (χ4v) is 1.67. The van der Waals surface area contributed by atoms with Gasteiger partial charge in [0.15, 0.2) is 0 Å². The first-order valence-corrected chi connectivity index (χ1v) is 5.45. The molecule has 0 fully saturated rings. The number of nitro groups is 1. The number of nitrogens with zero attached hydrogens (tertiary/aromatic N) is 2. The second kappa shape index (κ2) is 5.39. The van der Waals surface area contributed by atoms with Gasteiger partial charge in [-0.25, -0.2) is 0 Å². The van der Waals surface area contributed by atoms with Crippen LogP contribution in [0, 0.1) is 17.0 Å². The Balaban J connectivity index is 3.28. The van der Waals surface area contributed by atoms with Gasteiger partial charge >= 0.3 is 0 Å². The van der Waals surface area contributed by atoms with Gasteiger partial charge in [-0.1, -0.05) is 19.1 Å². The van der Waals surface area contributed by atoms with Crippen molar-refractivity contribution in [1.82, 2.24) is 0 Å². The van der Waals surface area contributed by atoms with Crippen molar-refractivity contribution in [2.75, 3.05) is 11.9 Å². The Kier molecular flexibility index (Phi) is 4.14. The van der Waals surface area contributed by atoms with E-state index in [0.29, 0.717) is 5.56 Å². The van der Waals surface area contributed by atoms with E-state index >= 15 is 0 Å². The molecule has 0 unspecified atom stereocenters. The smallest absolute Gasteiger partial charge is 0.294 e. The maximum Gasteiger partial charge on any atom is 0.294 e. The molecule has 1 aromatic carbocycles. The highest BCUT2D eigenvalue weighted by atomic mass is 16.6. The molecular formula is C12H14N2O4. The highest BCUT2D eigenvalue weighted by Gasteiger charge is 2.26. The number of para-hydroxylation sites is 1. The minimum absolute atomic E-state index is 0.0723. The van der Waals surface area contributed by atoms with E-state index in [1.54, 1.807) is 19.9 Å². The van der Waals surface area contributed by atoms with Gasteiger partial charge in [-0.05, 0) is 12.5 Å². The number of amides is 1. The lowest BCUT2D eigenvalue weighted by molar-refractivity contribution is -0.384. The molecule has 96 valence electrons. The zero-order chi connectivity index (χ0) is 13.9. The van der Waals surface area contributed by atoms with E-state index in [-0.39, 0.29) is 17.8 Å². The molecule has 0 spiro atoms. The summed E-state index contributed by atoms with van der Waals surface area (Å²) in [5.41, 5.74) is 0.549. The van der Waals surface area contributed by atoms with Crippen LogP contribution in [-0.4, -0.2) is 23.7 Å². The molecule has 0 aliphatic rings. The molecular weight excluding hydrogens is 236 g/mol. The van der Waals surface area contributed by atoms with Gasteiger partial charge in [-0.2, -0.15) is 0 Å². The minimum atomic E-state index is -0.741. The summed E-state index contributed by atoms with van der Waals surface area (Å²) in [5.74, 6) is -1.31. The largest absolute Gasteiger partial charge is 0.303 e. The molecule has 18 heavy (non-hydrogen) atoms. The number of likely N-dealkylation sites (N-methyl/N-ethyl adjacent to an activating group) is 1. The molecule has 0 bridgehead atoms. The topological polar surface area (TPSA) is 80.5 Å². The van der Waals surface area contributed by atoms with E-state index in [4.69, 9.17) is 0 Å². The Morgan fingerprint density at radius 3 is 2.50 bits per heavy atom. The second-order valence-electron chi connectivity index (χ2n) is 3.84. The molecule has 0 radical (unpaired) electrons. The number of hydrogen-bond donors (Lipinski definition) is 0. The van der Waals surface area contributed by atoms with Crippen LogP contribution in [0.3, 0.4) is 0 Å². The normalized spacial score (nSPS) is 9.94. The summed E-state index contributed by atoms with van der Waals surface area (Å²) < 4.78 is 0. The molecule has 0 saturated carbocycles. The van der Waals surface area contributed by atoms with Crippen LogP contribution in [-0.2, 0) is 9.59 Å². The number of nitro benzene ring substituents is 1. The van der Waals surface area contributed by atoms with Crippen LogP contribution in [0.4, 0.5) is 11.4 Å². The van der Waals surface area contributed by atoms with Crippen LogP contribution >= 0.6 is 0 Å². The monoisotopic (exact) mass is 250 g/mol. The fourth-order valence-electron chi connectivity index (χ4n) is 1.67. The summed E-state index contributed by atoms with van der Waals surface area (Å²) in [6, 6.07) is 4.50. The lowest BCUT2D eigenvalue weighted by Gasteiger charge is -2.18. The first-order chi connectivity index (χ1) is 8.40. The third kappa shape index (κ3) is 2.53. The van der Waals surface area contributed by atoms with Gasteiger partial charge in [0, 0.05) is 19.5 Å². The minimum Gasteiger partial charge on any atom is -0.303 e. The van der Waals surface area contributed by atoms with Crippen molar-refractivity contribution in [2.24, 2.45) is 0 Å². The van der Waals surface area contributed by atoms with E-state index < -0.39 is 16.6 Å². The molecule has 0 aliphatic heterocycles. The summed E-state index contributed by atoms with van der Waals surface area (Å²) in [6.07, 6.45) is 0.0723. The molecule has 0 N–H and O–H groups in total. The standard InChI is InChI=1S/C12H14N2O4/c1-4-10(15)12(16)13(3)11-8(2)6-5-7-9(11)14(17)18/h5-7H,4H2,1-3H3. The highest BCUT2D eigenvalue weighted by molar-refractivity contribution is 6.41. The van der Waals surface area contributed by atoms with Crippen molar-refractivity contribution in [2.45, 2.75) is 20.3 Å². The number of carbonyl (C=O) groups is 2. The lowest BCUT2D eigenvalue weighted by Crippen LogP contribution is -2.33. The van der Waals surface area contributed by atoms with Crippen LogP contribution in [0.15, 0.2) is 18.2 Å². The molecule has 6 heteroatoms. The van der Waals surface area contributed by atoms with E-state index in [1.807, 2.05) is 0 Å². The van der Waals surface area contributed by atoms with Crippen molar-refractivity contribution in [1.29, 1.82) is 0 Å². The Labute approximate surface area is 104 Å². The number of Topliss-reactive ketones (excluding diaryl/α,β-unsaturated/α-hetero) is 1. The van der Waals surface area contributed by atoms with Gasteiger partial charge in [0.2, 0.25) is 5.78 Å². The Morgan fingerprint density at radius 1 is 1.39 bits per heavy atom. The van der Waals surface area contributed by atoms with E-state index in [2.05, 4.69) is 0 Å². The number of carbonyl (C=O) groups excluding carboxylic acids is 2. The number of rotatable bonds is 4. The van der Waals surface area contributed by atoms with Gasteiger partial charge in [0.25, 0.3) is 11.6 Å². The van der Waals surface area contributed by atoms with Crippen molar-refractivity contribution in [3.8, 4) is 0 Å². The number of ketones is 1. The van der Waals surface area contributed by atoms with E-state index in [0.717, 1.165) is 4.90 Å². The van der Waals surface area contributed by atoms with Gasteiger partial charge in [-0.15, -0.1) is 0 Å². The van der Waals surface area contributed by atoms with Crippen LogP contribution in [0.5, 0.6) is 0 Å². The third-order valence-corrected chi connectivity index (χ3v) is 2.61. The molecule has 0 aromatic heterocycles. The molecule has 0 aliphatic carbocycles. The van der Waals surface area contributed by atoms with Crippen molar-refractivity contribution < 1.29 is 14.5 Å². The van der Waals surface area contributed by atoms with Gasteiger partial charge in [0.05, 0.1) is 4.92 Å². The van der Waals surface area contributed by atoms with Crippen LogP contribution in [0.1, 0.15) is 18.9 Å². The zero-order valence-electron chi connectivity index (χ0n) is 10.5. The molecule has 0 heterocycles. The van der Waals surface area contributed by atoms with Gasteiger partial charge < -0.3 is 4.90 Å². The maximum absolute atomic E-state index is 11.8. The highest BCUT2D eigenvalue weighted by Crippen LogP contribution is 2.30. The molecule has 0 atom stereocenters. The van der Waals surface area contributed by atoms with Crippen LogP contribution in [0.2, 0.25) is 0 Å². The van der Waals surface area contributed by atoms with Crippen LogP contribution < -0.4 is 4.90 Å².